The summed E-state index contributed by atoms with van der Waals surface area (Å²) in [4.78, 5) is 27.7. The Morgan fingerprint density at radius 1 is 1.29 bits per heavy atom. The molecule has 5 atom stereocenters. The number of nitrogens with zero attached hydrogens (tertiary/aromatic N) is 5. The molecule has 0 aliphatic carbocycles. The molecule has 1 aliphatic rings. The number of carbonyl (C=O) groups is 1. The highest BCUT2D eigenvalue weighted by molar-refractivity contribution is 5.83. The van der Waals surface area contributed by atoms with Crippen LogP contribution in [-0.2, 0) is 16.0 Å². The van der Waals surface area contributed by atoms with E-state index in [9.17, 15) is 15.0 Å². The molecule has 3 aromatic rings. The van der Waals surface area contributed by atoms with Gasteiger partial charge in [0, 0.05) is 20.7 Å². The minimum Gasteiger partial charge on any atom is -0.497 e. The van der Waals surface area contributed by atoms with Crippen molar-refractivity contribution >= 4 is 22.9 Å². The number of rotatable bonds is 9. The molecule has 1 amide bonds. The molecule has 4 rings (SSSR count). The lowest BCUT2D eigenvalue weighted by atomic mass is 10.0. The lowest BCUT2D eigenvalue weighted by Crippen LogP contribution is -2.53. The predicted molar refractivity (Wildman–Crippen MR) is 128 cm³/mol. The van der Waals surface area contributed by atoms with Gasteiger partial charge in [-0.3, -0.25) is 9.36 Å². The zero-order chi connectivity index (χ0) is 25.1. The second-order valence-corrected chi connectivity index (χ2v) is 8.68. The molecule has 35 heavy (non-hydrogen) atoms. The van der Waals surface area contributed by atoms with Crippen LogP contribution < -0.4 is 20.7 Å². The van der Waals surface area contributed by atoms with E-state index < -0.39 is 36.4 Å². The first kappa shape index (κ1) is 24.8. The summed E-state index contributed by atoms with van der Waals surface area (Å²) in [5, 5.41) is 23.5. The molecule has 2 aromatic heterocycles. The van der Waals surface area contributed by atoms with Crippen molar-refractivity contribution in [2.45, 2.75) is 43.4 Å². The SMILES string of the molecule is COc1ccc(C[C@H](N)C(=O)N[C@H]2[C@@H](O)[C@H](n3cnc4c(N(C)C)ncnc43)O[C@@H]2CCO)cc1. The monoisotopic (exact) mass is 485 g/mol. The number of nitrogens with one attached hydrogen (secondary N) is 1. The fourth-order valence-electron chi connectivity index (χ4n) is 4.26. The molecule has 3 heterocycles. The van der Waals surface area contributed by atoms with E-state index in [0.29, 0.717) is 29.2 Å². The van der Waals surface area contributed by atoms with E-state index in [1.165, 1.54) is 12.7 Å². The summed E-state index contributed by atoms with van der Waals surface area (Å²) >= 11 is 0. The number of hydrogen-bond acceptors (Lipinski definition) is 10. The average molecular weight is 486 g/mol. The standard InChI is InChI=1S/C23H31N7O5/c1-29(2)20-18-21(26-11-25-20)30(12-27-18)23-19(32)17(16(35-23)8-9-31)28-22(33)15(24)10-13-4-6-14(34-3)7-5-13/h4-7,11-12,15-17,19,23,31-32H,8-10,24H2,1-3H3,(H,28,33)/t15-,16+,17+,19+,23+/m0/s1. The van der Waals surface area contributed by atoms with Crippen LogP contribution in [0.25, 0.3) is 11.2 Å². The number of nitrogens with two attached hydrogens (primary N) is 1. The van der Waals surface area contributed by atoms with Crippen molar-refractivity contribution in [2.75, 3.05) is 32.7 Å². The number of carbonyl (C=O) groups excluding carboxylic acids is 1. The van der Waals surface area contributed by atoms with Crippen molar-refractivity contribution in [2.24, 2.45) is 5.73 Å². The van der Waals surface area contributed by atoms with Gasteiger partial charge in [-0.1, -0.05) is 12.1 Å². The molecule has 1 aromatic carbocycles. The summed E-state index contributed by atoms with van der Waals surface area (Å²) in [5.41, 5.74) is 8.08. The number of hydrogen-bond donors (Lipinski definition) is 4. The first-order valence-electron chi connectivity index (χ1n) is 11.3. The second kappa shape index (κ2) is 10.5. The summed E-state index contributed by atoms with van der Waals surface area (Å²) in [7, 11) is 5.28. The van der Waals surface area contributed by atoms with Gasteiger partial charge >= 0.3 is 0 Å². The van der Waals surface area contributed by atoms with Gasteiger partial charge in [-0.15, -0.1) is 0 Å². The Hall–Kier alpha value is -3.32. The predicted octanol–water partition coefficient (Wildman–Crippen LogP) is -0.404. The summed E-state index contributed by atoms with van der Waals surface area (Å²) in [5.74, 6) is 0.915. The van der Waals surface area contributed by atoms with Gasteiger partial charge < -0.3 is 35.6 Å². The van der Waals surface area contributed by atoms with Crippen LogP contribution in [-0.4, -0.2) is 87.7 Å². The van der Waals surface area contributed by atoms with Crippen LogP contribution in [0.5, 0.6) is 5.75 Å². The van der Waals surface area contributed by atoms with Crippen molar-refractivity contribution in [1.29, 1.82) is 0 Å². The molecule has 0 bridgehead atoms. The number of methoxy groups -OCH3 is 1. The Morgan fingerprint density at radius 3 is 2.69 bits per heavy atom. The van der Waals surface area contributed by atoms with Gasteiger partial charge in [0.15, 0.2) is 23.2 Å². The number of amides is 1. The molecule has 12 nitrogen and oxygen atoms in total. The quantitative estimate of drug-likeness (QED) is 0.314. The van der Waals surface area contributed by atoms with Crippen molar-refractivity contribution < 1.29 is 24.5 Å². The first-order chi connectivity index (χ1) is 16.8. The number of aliphatic hydroxyl groups excluding tert-OH is 2. The summed E-state index contributed by atoms with van der Waals surface area (Å²) in [6, 6.07) is 5.67. The van der Waals surface area contributed by atoms with Crippen LogP contribution in [0.2, 0.25) is 0 Å². The molecular formula is C23H31N7O5. The Balaban J connectivity index is 1.51. The van der Waals surface area contributed by atoms with Gasteiger partial charge in [-0.05, 0) is 30.5 Å². The van der Waals surface area contributed by atoms with Gasteiger partial charge in [-0.2, -0.15) is 0 Å². The van der Waals surface area contributed by atoms with E-state index in [2.05, 4.69) is 20.3 Å². The molecule has 0 radical (unpaired) electrons. The summed E-state index contributed by atoms with van der Waals surface area (Å²) in [6.45, 7) is -0.175. The van der Waals surface area contributed by atoms with E-state index in [0.717, 1.165) is 5.56 Å². The maximum absolute atomic E-state index is 12.9. The maximum Gasteiger partial charge on any atom is 0.237 e. The topological polar surface area (TPSA) is 161 Å². The Kier molecular flexibility index (Phi) is 7.45. The van der Waals surface area contributed by atoms with Gasteiger partial charge in [-0.25, -0.2) is 15.0 Å². The van der Waals surface area contributed by atoms with E-state index >= 15 is 0 Å². The van der Waals surface area contributed by atoms with E-state index in [1.54, 1.807) is 23.8 Å². The maximum atomic E-state index is 12.9. The minimum atomic E-state index is -1.13. The highest BCUT2D eigenvalue weighted by atomic mass is 16.5. The van der Waals surface area contributed by atoms with E-state index in [1.807, 2.05) is 31.1 Å². The number of imidazole rings is 1. The van der Waals surface area contributed by atoms with Crippen LogP contribution in [0.3, 0.4) is 0 Å². The van der Waals surface area contributed by atoms with Crippen LogP contribution in [0.1, 0.15) is 18.2 Å². The number of aromatic nitrogens is 4. The molecule has 1 saturated heterocycles. The number of ether oxygens (including phenoxy) is 2. The third-order valence-corrected chi connectivity index (χ3v) is 6.09. The Morgan fingerprint density at radius 2 is 2.03 bits per heavy atom. The fraction of sp³-hybridized carbons (Fsp3) is 0.478. The van der Waals surface area contributed by atoms with Crippen molar-refractivity contribution in [1.82, 2.24) is 24.8 Å². The molecule has 0 unspecified atom stereocenters. The highest BCUT2D eigenvalue weighted by Crippen LogP contribution is 2.33. The van der Waals surface area contributed by atoms with Gasteiger partial charge in [0.2, 0.25) is 5.91 Å². The molecule has 1 aliphatic heterocycles. The summed E-state index contributed by atoms with van der Waals surface area (Å²) < 4.78 is 12.8. The van der Waals surface area contributed by atoms with Crippen molar-refractivity contribution in [3.63, 3.8) is 0 Å². The van der Waals surface area contributed by atoms with E-state index in [4.69, 9.17) is 15.2 Å². The Labute approximate surface area is 202 Å². The molecule has 188 valence electrons. The number of benzene rings is 1. The number of anilines is 1. The smallest absolute Gasteiger partial charge is 0.237 e. The molecular weight excluding hydrogens is 454 g/mol. The van der Waals surface area contributed by atoms with Gasteiger partial charge in [0.25, 0.3) is 0 Å². The van der Waals surface area contributed by atoms with Crippen molar-refractivity contribution in [3.8, 4) is 5.75 Å². The Bertz CT molecular complexity index is 1150. The van der Waals surface area contributed by atoms with Crippen LogP contribution >= 0.6 is 0 Å². The van der Waals surface area contributed by atoms with E-state index in [-0.39, 0.29) is 13.0 Å². The third-order valence-electron chi connectivity index (χ3n) is 6.09. The average Bonchev–Trinajstić information content (AvgIpc) is 3.41. The van der Waals surface area contributed by atoms with Gasteiger partial charge in [0.05, 0.1) is 31.6 Å². The number of aliphatic hydroxyl groups is 2. The molecule has 12 heteroatoms. The molecule has 0 saturated carbocycles. The van der Waals surface area contributed by atoms with Crippen LogP contribution in [0.4, 0.5) is 5.82 Å². The second-order valence-electron chi connectivity index (χ2n) is 8.68. The largest absolute Gasteiger partial charge is 0.497 e. The third kappa shape index (κ3) is 5.05. The zero-order valence-electron chi connectivity index (χ0n) is 19.9. The molecule has 0 spiro atoms. The number of fused-ring (bicyclic) bond motifs is 1. The zero-order valence-corrected chi connectivity index (χ0v) is 19.9. The first-order valence-corrected chi connectivity index (χ1v) is 11.3. The molecule has 5 N–H and O–H groups in total. The van der Waals surface area contributed by atoms with Crippen LogP contribution in [0, 0.1) is 0 Å². The normalized spacial score (nSPS) is 22.8. The summed E-state index contributed by atoms with van der Waals surface area (Å²) in [6.07, 6.45) is 0.837. The lowest BCUT2D eigenvalue weighted by molar-refractivity contribution is -0.124. The lowest BCUT2D eigenvalue weighted by Gasteiger charge is -2.23. The fourth-order valence-corrected chi connectivity index (χ4v) is 4.26. The minimum absolute atomic E-state index is 0.175. The van der Waals surface area contributed by atoms with Crippen molar-refractivity contribution in [3.05, 3.63) is 42.5 Å². The molecule has 1 fully saturated rings. The van der Waals surface area contributed by atoms with Crippen LogP contribution in [0.15, 0.2) is 36.9 Å². The van der Waals surface area contributed by atoms with Gasteiger partial charge in [0.1, 0.15) is 18.2 Å². The highest BCUT2D eigenvalue weighted by Gasteiger charge is 2.46.